The lowest BCUT2D eigenvalue weighted by Gasteiger charge is -2.20. The smallest absolute Gasteiger partial charge is 0.0657 e. The number of aryl methyl sites for hydroxylation is 1. The van der Waals surface area contributed by atoms with Crippen LogP contribution in [0.3, 0.4) is 0 Å². The van der Waals surface area contributed by atoms with Gasteiger partial charge in [-0.2, -0.15) is 0 Å². The first-order valence-corrected chi connectivity index (χ1v) is 7.14. The molecule has 21 heavy (non-hydrogen) atoms. The zero-order valence-electron chi connectivity index (χ0n) is 12.1. The molecule has 0 amide bonds. The predicted octanol–water partition coefficient (Wildman–Crippen LogP) is 3.66. The van der Waals surface area contributed by atoms with Crippen LogP contribution in [0.5, 0.6) is 0 Å². The Kier molecular flexibility index (Phi) is 3.84. The Morgan fingerprint density at radius 1 is 1.05 bits per heavy atom. The second-order valence-electron chi connectivity index (χ2n) is 5.25. The Morgan fingerprint density at radius 2 is 1.81 bits per heavy atom. The van der Waals surface area contributed by atoms with Gasteiger partial charge in [0.15, 0.2) is 0 Å². The molecule has 0 radical (unpaired) electrons. The van der Waals surface area contributed by atoms with Crippen molar-refractivity contribution in [1.82, 2.24) is 4.98 Å². The molecule has 1 heterocycles. The number of anilines is 1. The van der Waals surface area contributed by atoms with Gasteiger partial charge in [-0.3, -0.25) is 4.98 Å². The van der Waals surface area contributed by atoms with Crippen molar-refractivity contribution in [3.8, 4) is 0 Å². The van der Waals surface area contributed by atoms with E-state index in [1.165, 1.54) is 10.9 Å². The first-order chi connectivity index (χ1) is 10.3. The number of hydrogen-bond acceptors (Lipinski definition) is 3. The van der Waals surface area contributed by atoms with E-state index < -0.39 is 0 Å². The quantitative estimate of drug-likeness (QED) is 0.765. The highest BCUT2D eigenvalue weighted by molar-refractivity contribution is 5.85. The van der Waals surface area contributed by atoms with Gasteiger partial charge in [-0.25, -0.2) is 0 Å². The summed E-state index contributed by atoms with van der Waals surface area (Å²) >= 11 is 0. The molecular weight excluding hydrogens is 258 g/mol. The average molecular weight is 277 g/mol. The van der Waals surface area contributed by atoms with E-state index in [2.05, 4.69) is 53.6 Å². The van der Waals surface area contributed by atoms with Crippen molar-refractivity contribution >= 4 is 16.5 Å². The summed E-state index contributed by atoms with van der Waals surface area (Å²) in [5, 5.41) is 5.83. The maximum atomic E-state index is 5.98. The number of aromatic nitrogens is 1. The van der Waals surface area contributed by atoms with Crippen molar-refractivity contribution in [2.45, 2.75) is 13.0 Å². The van der Waals surface area contributed by atoms with E-state index in [4.69, 9.17) is 5.73 Å². The lowest BCUT2D eigenvalue weighted by molar-refractivity contribution is 0.792. The van der Waals surface area contributed by atoms with Crippen molar-refractivity contribution in [2.24, 2.45) is 5.73 Å². The van der Waals surface area contributed by atoms with Crippen LogP contribution in [0.15, 0.2) is 60.9 Å². The van der Waals surface area contributed by atoms with Crippen LogP contribution in [0.1, 0.15) is 17.2 Å². The summed E-state index contributed by atoms with van der Waals surface area (Å²) in [4.78, 5) is 4.34. The molecule has 0 aliphatic rings. The van der Waals surface area contributed by atoms with Crippen LogP contribution in [0.25, 0.3) is 10.8 Å². The van der Waals surface area contributed by atoms with Crippen molar-refractivity contribution < 1.29 is 0 Å². The van der Waals surface area contributed by atoms with Gasteiger partial charge in [-0.05, 0) is 24.4 Å². The van der Waals surface area contributed by atoms with E-state index in [0.717, 1.165) is 16.6 Å². The lowest BCUT2D eigenvalue weighted by atomic mass is 10.0. The standard InChI is InChI=1S/C18H19N3/c1-13-6-8-15(9-7-13)21-18(10-19)17-12-20-11-14-4-2-3-5-16(14)17/h2-9,11-12,18,21H,10,19H2,1H3. The molecule has 3 heteroatoms. The van der Waals surface area contributed by atoms with E-state index in [1.54, 1.807) is 0 Å². The second kappa shape index (κ2) is 5.94. The third kappa shape index (κ3) is 2.88. The minimum atomic E-state index is 0.0475. The highest BCUT2D eigenvalue weighted by atomic mass is 14.9. The summed E-state index contributed by atoms with van der Waals surface area (Å²) in [5.74, 6) is 0. The monoisotopic (exact) mass is 277 g/mol. The molecule has 0 saturated carbocycles. The molecule has 0 bridgehead atoms. The van der Waals surface area contributed by atoms with Gasteiger partial charge in [0, 0.05) is 35.6 Å². The molecule has 0 fully saturated rings. The number of benzene rings is 2. The Labute approximate surface area is 124 Å². The van der Waals surface area contributed by atoms with Gasteiger partial charge in [0.1, 0.15) is 0 Å². The van der Waals surface area contributed by atoms with E-state index in [1.807, 2.05) is 24.5 Å². The number of rotatable bonds is 4. The molecule has 1 unspecified atom stereocenters. The normalized spacial score (nSPS) is 12.3. The minimum absolute atomic E-state index is 0.0475. The number of pyridine rings is 1. The van der Waals surface area contributed by atoms with E-state index in [-0.39, 0.29) is 6.04 Å². The van der Waals surface area contributed by atoms with Crippen LogP contribution < -0.4 is 11.1 Å². The van der Waals surface area contributed by atoms with Crippen molar-refractivity contribution in [2.75, 3.05) is 11.9 Å². The Balaban J connectivity index is 1.96. The van der Waals surface area contributed by atoms with Crippen LogP contribution in [-0.2, 0) is 0 Å². The SMILES string of the molecule is Cc1ccc(NC(CN)c2cncc3ccccc23)cc1. The maximum absolute atomic E-state index is 5.98. The zero-order chi connectivity index (χ0) is 14.7. The topological polar surface area (TPSA) is 50.9 Å². The number of nitrogens with two attached hydrogens (primary N) is 1. The Hall–Kier alpha value is -2.39. The number of fused-ring (bicyclic) bond motifs is 1. The Morgan fingerprint density at radius 3 is 2.57 bits per heavy atom. The fraction of sp³-hybridized carbons (Fsp3) is 0.167. The number of nitrogens with one attached hydrogen (secondary N) is 1. The third-order valence-corrected chi connectivity index (χ3v) is 3.70. The number of hydrogen-bond donors (Lipinski definition) is 2. The summed E-state index contributed by atoms with van der Waals surface area (Å²) in [6, 6.07) is 16.7. The molecule has 3 nitrogen and oxygen atoms in total. The van der Waals surface area contributed by atoms with E-state index in [9.17, 15) is 0 Å². The molecule has 2 aromatic carbocycles. The molecule has 1 aromatic heterocycles. The summed E-state index contributed by atoms with van der Waals surface area (Å²) in [6.45, 7) is 2.60. The van der Waals surface area contributed by atoms with Crippen LogP contribution in [0, 0.1) is 6.92 Å². The fourth-order valence-corrected chi connectivity index (χ4v) is 2.53. The first kappa shape index (κ1) is 13.6. The average Bonchev–Trinajstić information content (AvgIpc) is 2.54. The zero-order valence-corrected chi connectivity index (χ0v) is 12.1. The summed E-state index contributed by atoms with van der Waals surface area (Å²) in [6.07, 6.45) is 3.79. The van der Waals surface area contributed by atoms with Crippen LogP contribution in [0.4, 0.5) is 5.69 Å². The van der Waals surface area contributed by atoms with Crippen LogP contribution in [-0.4, -0.2) is 11.5 Å². The second-order valence-corrected chi connectivity index (χ2v) is 5.25. The van der Waals surface area contributed by atoms with Gasteiger partial charge in [0.05, 0.1) is 6.04 Å². The largest absolute Gasteiger partial charge is 0.377 e. The van der Waals surface area contributed by atoms with Crippen molar-refractivity contribution in [1.29, 1.82) is 0 Å². The van der Waals surface area contributed by atoms with E-state index in [0.29, 0.717) is 6.54 Å². The van der Waals surface area contributed by atoms with Crippen molar-refractivity contribution in [3.05, 3.63) is 72.1 Å². The molecule has 3 N–H and O–H groups in total. The van der Waals surface area contributed by atoms with Crippen molar-refractivity contribution in [3.63, 3.8) is 0 Å². The first-order valence-electron chi connectivity index (χ1n) is 7.14. The predicted molar refractivity (Wildman–Crippen MR) is 88.3 cm³/mol. The molecule has 106 valence electrons. The third-order valence-electron chi connectivity index (χ3n) is 3.70. The number of nitrogens with zero attached hydrogens (tertiary/aromatic N) is 1. The van der Waals surface area contributed by atoms with Gasteiger partial charge in [-0.15, -0.1) is 0 Å². The highest BCUT2D eigenvalue weighted by Gasteiger charge is 2.13. The molecule has 0 saturated heterocycles. The molecule has 3 aromatic rings. The minimum Gasteiger partial charge on any atom is -0.377 e. The van der Waals surface area contributed by atoms with Gasteiger partial charge in [-0.1, -0.05) is 42.0 Å². The van der Waals surface area contributed by atoms with E-state index >= 15 is 0 Å². The summed E-state index contributed by atoms with van der Waals surface area (Å²) in [5.41, 5.74) is 9.44. The molecular formula is C18H19N3. The molecule has 3 rings (SSSR count). The van der Waals surface area contributed by atoms with Gasteiger partial charge in [0.25, 0.3) is 0 Å². The fourth-order valence-electron chi connectivity index (χ4n) is 2.53. The highest BCUT2D eigenvalue weighted by Crippen LogP contribution is 2.25. The summed E-state index contributed by atoms with van der Waals surface area (Å²) in [7, 11) is 0. The lowest BCUT2D eigenvalue weighted by Crippen LogP contribution is -2.21. The van der Waals surface area contributed by atoms with Gasteiger partial charge in [0.2, 0.25) is 0 Å². The molecule has 1 atom stereocenters. The summed E-state index contributed by atoms with van der Waals surface area (Å²) < 4.78 is 0. The van der Waals surface area contributed by atoms with Gasteiger partial charge < -0.3 is 11.1 Å². The Bertz CT molecular complexity index is 730. The molecule has 0 aliphatic heterocycles. The van der Waals surface area contributed by atoms with Gasteiger partial charge >= 0.3 is 0 Å². The van der Waals surface area contributed by atoms with Crippen LogP contribution >= 0.6 is 0 Å². The molecule has 0 aliphatic carbocycles. The molecule has 0 spiro atoms. The maximum Gasteiger partial charge on any atom is 0.0657 e. The van der Waals surface area contributed by atoms with Crippen LogP contribution in [0.2, 0.25) is 0 Å².